The summed E-state index contributed by atoms with van der Waals surface area (Å²) in [6.07, 6.45) is 3.80. The minimum atomic E-state index is 0.402. The third kappa shape index (κ3) is 3.45. The molecule has 1 aromatic carbocycles. The number of nitrogens with zero attached hydrogens (tertiary/aromatic N) is 2. The van der Waals surface area contributed by atoms with E-state index in [0.29, 0.717) is 28.7 Å². The molecule has 0 amide bonds. The Balaban J connectivity index is 1.66. The Morgan fingerprint density at radius 2 is 2.10 bits per heavy atom. The first-order chi connectivity index (χ1) is 10.3. The lowest BCUT2D eigenvalue weighted by molar-refractivity contribution is 0.948. The van der Waals surface area contributed by atoms with Gasteiger partial charge in [0.2, 0.25) is 5.95 Å². The number of anilines is 2. The van der Waals surface area contributed by atoms with E-state index < -0.39 is 0 Å². The predicted octanol–water partition coefficient (Wildman–Crippen LogP) is 3.92. The third-order valence-electron chi connectivity index (χ3n) is 3.62. The van der Waals surface area contributed by atoms with Crippen LogP contribution in [-0.2, 0) is 0 Å². The number of hydrogen-bond acceptors (Lipinski definition) is 4. The van der Waals surface area contributed by atoms with Gasteiger partial charge in [-0.05, 0) is 18.4 Å². The van der Waals surface area contributed by atoms with E-state index in [9.17, 15) is 0 Å². The fraction of sp³-hybridized carbons (Fsp3) is 0.375. The van der Waals surface area contributed by atoms with Crippen molar-refractivity contribution in [1.29, 1.82) is 0 Å². The van der Waals surface area contributed by atoms with Gasteiger partial charge in [0, 0.05) is 18.5 Å². The molecule has 4 nitrogen and oxygen atoms in total. The van der Waals surface area contributed by atoms with Crippen LogP contribution in [0.2, 0.25) is 5.02 Å². The summed E-state index contributed by atoms with van der Waals surface area (Å²) < 4.78 is 0. The van der Waals surface area contributed by atoms with E-state index in [1.807, 2.05) is 6.07 Å². The van der Waals surface area contributed by atoms with Gasteiger partial charge in [0.1, 0.15) is 5.02 Å². The van der Waals surface area contributed by atoms with Crippen molar-refractivity contribution in [3.8, 4) is 0 Å². The van der Waals surface area contributed by atoms with Gasteiger partial charge in [-0.25, -0.2) is 4.98 Å². The molecule has 2 atom stereocenters. The fourth-order valence-electron chi connectivity index (χ4n) is 2.39. The van der Waals surface area contributed by atoms with Crippen molar-refractivity contribution >= 4 is 23.4 Å². The minimum Gasteiger partial charge on any atom is -0.365 e. The number of halogens is 1. The van der Waals surface area contributed by atoms with Gasteiger partial charge in [-0.2, -0.15) is 4.98 Å². The molecule has 2 aromatic rings. The van der Waals surface area contributed by atoms with Gasteiger partial charge in [-0.3, -0.25) is 0 Å². The maximum atomic E-state index is 6.18. The lowest BCUT2D eigenvalue weighted by Gasteiger charge is -2.09. The van der Waals surface area contributed by atoms with E-state index >= 15 is 0 Å². The van der Waals surface area contributed by atoms with Gasteiger partial charge in [0.25, 0.3) is 0 Å². The molecule has 1 aliphatic rings. The Kier molecular flexibility index (Phi) is 4.25. The van der Waals surface area contributed by atoms with Crippen LogP contribution in [0.1, 0.15) is 31.2 Å². The fourth-order valence-corrected chi connectivity index (χ4v) is 2.53. The quantitative estimate of drug-likeness (QED) is 0.849. The van der Waals surface area contributed by atoms with Crippen LogP contribution in [0.15, 0.2) is 36.5 Å². The molecule has 1 saturated carbocycles. The van der Waals surface area contributed by atoms with Crippen molar-refractivity contribution in [2.75, 3.05) is 17.2 Å². The Bertz CT molecular complexity index is 602. The Morgan fingerprint density at radius 3 is 2.86 bits per heavy atom. The molecule has 21 heavy (non-hydrogen) atoms. The average Bonchev–Trinajstić information content (AvgIpc) is 3.28. The van der Waals surface area contributed by atoms with Crippen LogP contribution >= 0.6 is 11.6 Å². The Labute approximate surface area is 130 Å². The lowest BCUT2D eigenvalue weighted by atomic mass is 10.1. The van der Waals surface area contributed by atoms with E-state index in [1.165, 1.54) is 5.56 Å². The standard InChI is InChI=1S/C16H19ClN4/c1-2-8-18-16-19-10-13(17)15(21-16)20-14-9-12(14)11-6-4-3-5-7-11/h3-7,10,12,14H,2,8-9H2,1H3,(H2,18,19,20,21). The molecular weight excluding hydrogens is 284 g/mol. The van der Waals surface area contributed by atoms with Crippen LogP contribution in [-0.4, -0.2) is 22.6 Å². The first kappa shape index (κ1) is 14.1. The van der Waals surface area contributed by atoms with Crippen molar-refractivity contribution in [1.82, 2.24) is 9.97 Å². The summed E-state index contributed by atoms with van der Waals surface area (Å²) in [5.41, 5.74) is 1.37. The van der Waals surface area contributed by atoms with Crippen LogP contribution in [0.4, 0.5) is 11.8 Å². The molecular formula is C16H19ClN4. The van der Waals surface area contributed by atoms with Crippen molar-refractivity contribution in [3.05, 3.63) is 47.1 Å². The zero-order chi connectivity index (χ0) is 14.7. The SMILES string of the molecule is CCCNc1ncc(Cl)c(NC2CC2c2ccccc2)n1. The normalized spacial score (nSPS) is 20.1. The number of aromatic nitrogens is 2. The van der Waals surface area contributed by atoms with Crippen molar-refractivity contribution in [3.63, 3.8) is 0 Å². The summed E-state index contributed by atoms with van der Waals surface area (Å²) in [5, 5.41) is 7.17. The molecule has 0 bridgehead atoms. The van der Waals surface area contributed by atoms with Gasteiger partial charge in [0.15, 0.2) is 5.82 Å². The van der Waals surface area contributed by atoms with Crippen molar-refractivity contribution in [2.24, 2.45) is 0 Å². The van der Waals surface area contributed by atoms with E-state index in [4.69, 9.17) is 11.6 Å². The molecule has 0 saturated heterocycles. The largest absolute Gasteiger partial charge is 0.365 e. The Hall–Kier alpha value is -1.81. The summed E-state index contributed by atoms with van der Waals surface area (Å²) in [5.74, 6) is 1.89. The van der Waals surface area contributed by atoms with E-state index in [0.717, 1.165) is 19.4 Å². The smallest absolute Gasteiger partial charge is 0.224 e. The van der Waals surface area contributed by atoms with Crippen LogP contribution in [0.3, 0.4) is 0 Å². The number of hydrogen-bond donors (Lipinski definition) is 2. The topological polar surface area (TPSA) is 49.8 Å². The highest BCUT2D eigenvalue weighted by Gasteiger charge is 2.38. The maximum Gasteiger partial charge on any atom is 0.224 e. The second-order valence-electron chi connectivity index (χ2n) is 5.32. The molecule has 1 fully saturated rings. The molecule has 5 heteroatoms. The first-order valence-corrected chi connectivity index (χ1v) is 7.73. The Morgan fingerprint density at radius 1 is 1.29 bits per heavy atom. The van der Waals surface area contributed by atoms with E-state index in [-0.39, 0.29) is 0 Å². The van der Waals surface area contributed by atoms with Gasteiger partial charge < -0.3 is 10.6 Å². The molecule has 1 heterocycles. The highest BCUT2D eigenvalue weighted by molar-refractivity contribution is 6.32. The summed E-state index contributed by atoms with van der Waals surface area (Å²) >= 11 is 6.18. The van der Waals surface area contributed by atoms with Crippen LogP contribution in [0.25, 0.3) is 0 Å². The highest BCUT2D eigenvalue weighted by atomic mass is 35.5. The highest BCUT2D eigenvalue weighted by Crippen LogP contribution is 2.43. The molecule has 0 spiro atoms. The van der Waals surface area contributed by atoms with E-state index in [2.05, 4.69) is 51.8 Å². The van der Waals surface area contributed by atoms with Gasteiger partial charge in [0.05, 0.1) is 6.20 Å². The molecule has 1 aromatic heterocycles. The predicted molar refractivity (Wildman–Crippen MR) is 87.0 cm³/mol. The minimum absolute atomic E-state index is 0.402. The zero-order valence-electron chi connectivity index (χ0n) is 12.0. The van der Waals surface area contributed by atoms with Gasteiger partial charge in [-0.15, -0.1) is 0 Å². The molecule has 2 unspecified atom stereocenters. The van der Waals surface area contributed by atoms with Crippen LogP contribution < -0.4 is 10.6 Å². The second kappa shape index (κ2) is 6.31. The molecule has 3 rings (SSSR count). The zero-order valence-corrected chi connectivity index (χ0v) is 12.8. The summed E-state index contributed by atoms with van der Waals surface area (Å²) in [7, 11) is 0. The number of nitrogens with one attached hydrogen (secondary N) is 2. The number of rotatable bonds is 6. The summed E-state index contributed by atoms with van der Waals surface area (Å²) in [4.78, 5) is 8.64. The molecule has 110 valence electrons. The van der Waals surface area contributed by atoms with Crippen molar-refractivity contribution < 1.29 is 0 Å². The van der Waals surface area contributed by atoms with Gasteiger partial charge >= 0.3 is 0 Å². The molecule has 1 aliphatic carbocycles. The average molecular weight is 303 g/mol. The molecule has 0 aliphatic heterocycles. The van der Waals surface area contributed by atoms with Crippen LogP contribution in [0, 0.1) is 0 Å². The summed E-state index contributed by atoms with van der Waals surface area (Å²) in [6, 6.07) is 10.9. The van der Waals surface area contributed by atoms with Crippen LogP contribution in [0.5, 0.6) is 0 Å². The van der Waals surface area contributed by atoms with Gasteiger partial charge in [-0.1, -0.05) is 48.9 Å². The molecule has 2 N–H and O–H groups in total. The van der Waals surface area contributed by atoms with E-state index in [1.54, 1.807) is 6.20 Å². The summed E-state index contributed by atoms with van der Waals surface area (Å²) in [6.45, 7) is 2.97. The second-order valence-corrected chi connectivity index (χ2v) is 5.73. The lowest BCUT2D eigenvalue weighted by Crippen LogP contribution is -2.10. The maximum absolute atomic E-state index is 6.18. The van der Waals surface area contributed by atoms with Crippen molar-refractivity contribution in [2.45, 2.75) is 31.7 Å². The first-order valence-electron chi connectivity index (χ1n) is 7.36. The third-order valence-corrected chi connectivity index (χ3v) is 3.89. The monoisotopic (exact) mass is 302 g/mol. The number of benzene rings is 1. The molecule has 0 radical (unpaired) electrons.